The van der Waals surface area contributed by atoms with Crippen molar-refractivity contribution in [3.8, 4) is 0 Å². The van der Waals surface area contributed by atoms with Gasteiger partial charge in [0.15, 0.2) is 5.82 Å². The predicted molar refractivity (Wildman–Crippen MR) is 80.4 cm³/mol. The van der Waals surface area contributed by atoms with Crippen LogP contribution in [0.15, 0.2) is 50.7 Å². The van der Waals surface area contributed by atoms with Gasteiger partial charge in [-0.2, -0.15) is 0 Å². The Balaban J connectivity index is 2.34. The summed E-state index contributed by atoms with van der Waals surface area (Å²) in [5.74, 6) is -0.545. The van der Waals surface area contributed by atoms with Gasteiger partial charge in [-0.05, 0) is 47.1 Å². The topological polar surface area (TPSA) is 49.9 Å². The van der Waals surface area contributed by atoms with Crippen LogP contribution in [0, 0.1) is 18.2 Å². The summed E-state index contributed by atoms with van der Waals surface area (Å²) in [6.07, 6.45) is 0. The molecule has 0 bridgehead atoms. The number of benzene rings is 2. The maximum atomic E-state index is 14.2. The minimum absolute atomic E-state index is 0.155. The van der Waals surface area contributed by atoms with Gasteiger partial charge in [-0.3, -0.25) is 5.41 Å². The van der Waals surface area contributed by atoms with Crippen LogP contribution in [0.4, 0.5) is 4.39 Å². The molecule has 2 aromatic carbocycles. The van der Waals surface area contributed by atoms with Gasteiger partial charge in [0.25, 0.3) is 0 Å². The number of nitrogen functional groups attached to an aromatic ring is 1. The lowest BCUT2D eigenvalue weighted by molar-refractivity contribution is 0.594. The lowest BCUT2D eigenvalue weighted by Crippen LogP contribution is -2.12. The molecule has 0 unspecified atom stereocenters. The van der Waals surface area contributed by atoms with Gasteiger partial charge in [-0.25, -0.2) is 4.39 Å². The number of hydrogen-bond acceptors (Lipinski definition) is 2. The summed E-state index contributed by atoms with van der Waals surface area (Å²) in [4.78, 5) is 1.47. The van der Waals surface area contributed by atoms with E-state index in [4.69, 9.17) is 11.1 Å². The van der Waals surface area contributed by atoms with E-state index in [0.29, 0.717) is 10.5 Å². The van der Waals surface area contributed by atoms with Crippen molar-refractivity contribution in [2.24, 2.45) is 5.73 Å². The van der Waals surface area contributed by atoms with Crippen molar-refractivity contribution in [1.29, 1.82) is 5.41 Å². The van der Waals surface area contributed by atoms with E-state index in [0.717, 1.165) is 10.5 Å². The van der Waals surface area contributed by atoms with Crippen LogP contribution in [0.2, 0.25) is 0 Å². The van der Waals surface area contributed by atoms with Crippen molar-refractivity contribution in [1.82, 2.24) is 0 Å². The second kappa shape index (κ2) is 5.75. The Hall–Kier alpha value is -1.33. The molecule has 0 saturated heterocycles. The Morgan fingerprint density at radius 1 is 1.21 bits per heavy atom. The van der Waals surface area contributed by atoms with Gasteiger partial charge < -0.3 is 5.73 Å². The molecule has 0 aliphatic heterocycles. The third-order valence-electron chi connectivity index (χ3n) is 2.59. The zero-order valence-electron chi connectivity index (χ0n) is 10.2. The molecule has 0 saturated carbocycles. The molecule has 0 atom stereocenters. The third kappa shape index (κ3) is 3.16. The summed E-state index contributed by atoms with van der Waals surface area (Å²) in [6, 6.07) is 11.2. The first-order valence-corrected chi connectivity index (χ1v) is 7.17. The van der Waals surface area contributed by atoms with Gasteiger partial charge >= 0.3 is 0 Å². The zero-order chi connectivity index (χ0) is 14.0. The molecule has 2 rings (SSSR count). The highest BCUT2D eigenvalue weighted by molar-refractivity contribution is 9.10. The minimum atomic E-state index is -0.390. The van der Waals surface area contributed by atoms with Crippen LogP contribution < -0.4 is 5.73 Å². The van der Waals surface area contributed by atoms with Crippen LogP contribution in [0.25, 0.3) is 0 Å². The van der Waals surface area contributed by atoms with Crippen molar-refractivity contribution in [3.63, 3.8) is 0 Å². The van der Waals surface area contributed by atoms with Gasteiger partial charge in [-0.15, -0.1) is 0 Å². The fourth-order valence-electron chi connectivity index (χ4n) is 1.55. The van der Waals surface area contributed by atoms with E-state index in [1.165, 1.54) is 11.8 Å². The molecule has 0 heterocycles. The van der Waals surface area contributed by atoms with Crippen LogP contribution in [-0.2, 0) is 0 Å². The van der Waals surface area contributed by atoms with Crippen molar-refractivity contribution < 1.29 is 4.39 Å². The molecule has 0 aromatic heterocycles. The highest BCUT2D eigenvalue weighted by Gasteiger charge is 2.13. The number of nitrogens with one attached hydrogen (secondary N) is 1. The summed E-state index contributed by atoms with van der Waals surface area (Å²) >= 11 is 4.49. The lowest BCUT2D eigenvalue weighted by Gasteiger charge is -2.08. The Bertz CT molecular complexity index is 626. The summed E-state index contributed by atoms with van der Waals surface area (Å²) in [7, 11) is 0. The highest BCUT2D eigenvalue weighted by Crippen LogP contribution is 2.34. The quantitative estimate of drug-likeness (QED) is 0.646. The predicted octanol–water partition coefficient (Wildman–Crippen LogP) is 4.33. The maximum absolute atomic E-state index is 14.2. The zero-order valence-corrected chi connectivity index (χ0v) is 12.6. The molecule has 0 radical (unpaired) electrons. The van der Waals surface area contributed by atoms with E-state index in [1.54, 1.807) is 12.1 Å². The molecule has 0 aliphatic rings. The van der Waals surface area contributed by atoms with E-state index in [1.807, 2.05) is 31.2 Å². The first-order valence-electron chi connectivity index (χ1n) is 5.56. The van der Waals surface area contributed by atoms with E-state index >= 15 is 0 Å². The molecule has 0 aliphatic carbocycles. The van der Waals surface area contributed by atoms with Gasteiger partial charge in [0, 0.05) is 15.4 Å². The lowest BCUT2D eigenvalue weighted by atomic mass is 10.2. The molecule has 5 heteroatoms. The molecule has 2 aromatic rings. The average Bonchev–Trinajstić information content (AvgIpc) is 2.37. The number of amidine groups is 1. The third-order valence-corrected chi connectivity index (χ3v) is 4.40. The average molecular weight is 339 g/mol. The summed E-state index contributed by atoms with van der Waals surface area (Å²) in [5.41, 5.74) is 6.91. The first-order chi connectivity index (χ1) is 8.99. The van der Waals surface area contributed by atoms with E-state index < -0.39 is 5.82 Å². The van der Waals surface area contributed by atoms with Gasteiger partial charge in [-0.1, -0.05) is 29.5 Å². The second-order valence-electron chi connectivity index (χ2n) is 4.07. The number of halogens is 2. The molecule has 0 fully saturated rings. The molecule has 2 nitrogen and oxygen atoms in total. The van der Waals surface area contributed by atoms with Crippen LogP contribution in [-0.4, -0.2) is 5.84 Å². The van der Waals surface area contributed by atoms with Gasteiger partial charge in [0.2, 0.25) is 0 Å². The van der Waals surface area contributed by atoms with Crippen LogP contribution in [0.3, 0.4) is 0 Å². The molecule has 0 amide bonds. The Morgan fingerprint density at radius 3 is 2.42 bits per heavy atom. The molecular formula is C14H12BrFN2S. The van der Waals surface area contributed by atoms with Gasteiger partial charge in [0.1, 0.15) is 5.84 Å². The largest absolute Gasteiger partial charge is 0.384 e. The van der Waals surface area contributed by atoms with Crippen molar-refractivity contribution in [2.45, 2.75) is 16.7 Å². The summed E-state index contributed by atoms with van der Waals surface area (Å²) in [6.45, 7) is 2.01. The normalized spacial score (nSPS) is 10.5. The monoisotopic (exact) mass is 338 g/mol. The fraction of sp³-hybridized carbons (Fsp3) is 0.0714. The van der Waals surface area contributed by atoms with Crippen molar-refractivity contribution >= 4 is 33.5 Å². The highest BCUT2D eigenvalue weighted by atomic mass is 79.9. The van der Waals surface area contributed by atoms with Crippen LogP contribution >= 0.6 is 27.7 Å². The number of nitrogens with two attached hydrogens (primary N) is 1. The molecule has 98 valence electrons. The molecular weight excluding hydrogens is 327 g/mol. The number of aryl methyl sites for hydroxylation is 1. The van der Waals surface area contributed by atoms with Gasteiger partial charge in [0.05, 0.1) is 4.47 Å². The molecule has 0 spiro atoms. The SMILES string of the molecule is Cc1ccc(Sc2ccc(C(=N)N)c(Br)c2F)cc1. The fourth-order valence-corrected chi connectivity index (χ4v) is 3.10. The Kier molecular flexibility index (Phi) is 4.27. The Labute approximate surface area is 123 Å². The second-order valence-corrected chi connectivity index (χ2v) is 5.98. The summed E-state index contributed by atoms with van der Waals surface area (Å²) in [5, 5.41) is 7.36. The van der Waals surface area contributed by atoms with Crippen molar-refractivity contribution in [2.75, 3.05) is 0 Å². The molecule has 19 heavy (non-hydrogen) atoms. The van der Waals surface area contributed by atoms with E-state index in [-0.39, 0.29) is 10.3 Å². The minimum Gasteiger partial charge on any atom is -0.384 e. The van der Waals surface area contributed by atoms with E-state index in [2.05, 4.69) is 15.9 Å². The van der Waals surface area contributed by atoms with E-state index in [9.17, 15) is 4.39 Å². The number of rotatable bonds is 3. The van der Waals surface area contributed by atoms with Crippen molar-refractivity contribution in [3.05, 3.63) is 57.8 Å². The first kappa shape index (κ1) is 14.1. The maximum Gasteiger partial charge on any atom is 0.152 e. The Morgan fingerprint density at radius 2 is 1.84 bits per heavy atom. The smallest absolute Gasteiger partial charge is 0.152 e. The van der Waals surface area contributed by atoms with Crippen LogP contribution in [0.5, 0.6) is 0 Å². The summed E-state index contributed by atoms with van der Waals surface area (Å²) < 4.78 is 14.4. The standard InChI is InChI=1S/C14H12BrFN2S/c1-8-2-4-9(5-3-8)19-11-7-6-10(14(17)18)12(15)13(11)16/h2-7H,1H3,(H3,17,18). The van der Waals surface area contributed by atoms with Crippen LogP contribution in [0.1, 0.15) is 11.1 Å². The number of hydrogen-bond donors (Lipinski definition) is 2. The molecule has 3 N–H and O–H groups in total.